The molecule has 2 nitrogen and oxygen atoms in total. The molecular formula is C68H45NO. The fraction of sp³-hybridized carbons (Fsp3) is 0.0294. The Kier molecular flexibility index (Phi) is 9.06. The Morgan fingerprint density at radius 1 is 0.257 bits per heavy atom. The predicted molar refractivity (Wildman–Crippen MR) is 288 cm³/mol. The molecule has 0 atom stereocenters. The molecule has 0 bridgehead atoms. The van der Waals surface area contributed by atoms with Crippen molar-refractivity contribution in [1.82, 2.24) is 0 Å². The van der Waals surface area contributed by atoms with Crippen LogP contribution in [0.4, 0.5) is 17.1 Å². The van der Waals surface area contributed by atoms with Gasteiger partial charge in [0.1, 0.15) is 11.2 Å². The molecule has 2 aliphatic rings. The van der Waals surface area contributed by atoms with Crippen LogP contribution in [0.3, 0.4) is 0 Å². The standard InChI is InChI=1S/C68H45NO/c1-4-18-46(19-5-1)47-32-37-52(38-33-47)69(53-39-34-48(35-40-53)49-36-42-58-57-25-11-17-31-65(57)70-66(58)44-49)54-41-43-56-55-24-10-12-26-59(55)68(64(56)45-54)62-29-15-13-27-60(62)67(50-20-6-2-7-21-50,51-22-8-3-9-23-51)61-28-14-16-30-63(61)68/h1-45H. The third kappa shape index (κ3) is 5.80. The molecular weight excluding hydrogens is 847 g/mol. The molecule has 12 aromatic rings. The smallest absolute Gasteiger partial charge is 0.136 e. The van der Waals surface area contributed by atoms with E-state index < -0.39 is 10.8 Å². The predicted octanol–water partition coefficient (Wildman–Crippen LogP) is 17.4. The molecule has 0 saturated carbocycles. The molecule has 2 heteroatoms. The molecule has 0 aliphatic heterocycles. The number of para-hydroxylation sites is 1. The van der Waals surface area contributed by atoms with Gasteiger partial charge in [-0.25, -0.2) is 0 Å². The van der Waals surface area contributed by atoms with E-state index in [9.17, 15) is 0 Å². The maximum Gasteiger partial charge on any atom is 0.136 e. The number of anilines is 3. The lowest BCUT2D eigenvalue weighted by Gasteiger charge is -2.50. The summed E-state index contributed by atoms with van der Waals surface area (Å²) in [6.07, 6.45) is 0. The molecule has 70 heavy (non-hydrogen) atoms. The highest BCUT2D eigenvalue weighted by atomic mass is 16.3. The summed E-state index contributed by atoms with van der Waals surface area (Å²) in [4.78, 5) is 2.43. The second-order valence-corrected chi connectivity index (χ2v) is 18.7. The van der Waals surface area contributed by atoms with Crippen molar-refractivity contribution in [2.24, 2.45) is 0 Å². The first-order valence-electron chi connectivity index (χ1n) is 24.2. The highest BCUT2D eigenvalue weighted by molar-refractivity contribution is 6.06. The maximum absolute atomic E-state index is 6.33. The van der Waals surface area contributed by atoms with Gasteiger partial charge in [0.25, 0.3) is 0 Å². The van der Waals surface area contributed by atoms with Gasteiger partial charge >= 0.3 is 0 Å². The Morgan fingerprint density at radius 2 is 0.686 bits per heavy atom. The lowest BCUT2D eigenvalue weighted by molar-refractivity contribution is 0.623. The highest BCUT2D eigenvalue weighted by Crippen LogP contribution is 2.65. The summed E-state index contributed by atoms with van der Waals surface area (Å²) in [5.41, 5.74) is 21.3. The SMILES string of the molecule is c1ccc(-c2ccc(N(c3ccc(-c4ccc5c(c4)oc4ccccc45)cc3)c3ccc4c(c3)C3(c5ccccc5-4)c4ccccc4C(c4ccccc4)(c4ccccc4)c4ccccc43)cc2)cc1. The molecule has 0 radical (unpaired) electrons. The van der Waals surface area contributed by atoms with E-state index in [1.807, 2.05) is 12.1 Å². The molecule has 0 fully saturated rings. The molecule has 11 aromatic carbocycles. The van der Waals surface area contributed by atoms with Gasteiger partial charge in [0.05, 0.1) is 10.8 Å². The van der Waals surface area contributed by atoms with Gasteiger partial charge in [-0.3, -0.25) is 0 Å². The summed E-state index contributed by atoms with van der Waals surface area (Å²) in [5.74, 6) is 0. The Bertz CT molecular complexity index is 3840. The second kappa shape index (κ2) is 15.8. The first-order valence-corrected chi connectivity index (χ1v) is 24.2. The molecule has 2 aliphatic carbocycles. The van der Waals surface area contributed by atoms with E-state index in [1.54, 1.807) is 0 Å². The Hall–Kier alpha value is -8.98. The highest BCUT2D eigenvalue weighted by Gasteiger charge is 2.56. The van der Waals surface area contributed by atoms with Crippen molar-refractivity contribution in [2.75, 3.05) is 4.90 Å². The zero-order valence-electron chi connectivity index (χ0n) is 38.3. The van der Waals surface area contributed by atoms with Gasteiger partial charge in [-0.1, -0.05) is 218 Å². The Labute approximate surface area is 408 Å². The third-order valence-corrected chi connectivity index (χ3v) is 15.2. The van der Waals surface area contributed by atoms with Crippen LogP contribution in [-0.4, -0.2) is 0 Å². The van der Waals surface area contributed by atoms with Crippen molar-refractivity contribution in [3.63, 3.8) is 0 Å². The van der Waals surface area contributed by atoms with Crippen LogP contribution in [0.25, 0.3) is 55.3 Å². The van der Waals surface area contributed by atoms with Gasteiger partial charge in [-0.2, -0.15) is 0 Å². The summed E-state index contributed by atoms with van der Waals surface area (Å²) < 4.78 is 6.33. The molecule has 1 spiro atoms. The van der Waals surface area contributed by atoms with E-state index in [1.165, 1.54) is 66.8 Å². The summed E-state index contributed by atoms with van der Waals surface area (Å²) in [6, 6.07) is 101. The van der Waals surface area contributed by atoms with Crippen molar-refractivity contribution in [1.29, 1.82) is 0 Å². The average molecular weight is 892 g/mol. The first-order chi connectivity index (χ1) is 34.7. The van der Waals surface area contributed by atoms with Gasteiger partial charge in [0.15, 0.2) is 0 Å². The topological polar surface area (TPSA) is 16.4 Å². The molecule has 0 N–H and O–H groups in total. The van der Waals surface area contributed by atoms with E-state index >= 15 is 0 Å². The lowest BCUT2D eigenvalue weighted by Crippen LogP contribution is -2.44. The number of hydrogen-bond acceptors (Lipinski definition) is 2. The van der Waals surface area contributed by atoms with Crippen LogP contribution < -0.4 is 4.90 Å². The summed E-state index contributed by atoms with van der Waals surface area (Å²) >= 11 is 0. The summed E-state index contributed by atoms with van der Waals surface area (Å²) in [5, 5.41) is 2.27. The molecule has 0 amide bonds. The second-order valence-electron chi connectivity index (χ2n) is 18.7. The number of benzene rings is 11. The normalized spacial score (nSPS) is 13.7. The monoisotopic (exact) mass is 891 g/mol. The molecule has 0 saturated heterocycles. The quantitative estimate of drug-likeness (QED) is 0.159. The average Bonchev–Trinajstić information content (AvgIpc) is 3.96. The molecule has 14 rings (SSSR count). The minimum atomic E-state index is -0.621. The third-order valence-electron chi connectivity index (χ3n) is 15.2. The lowest BCUT2D eigenvalue weighted by atomic mass is 9.51. The maximum atomic E-state index is 6.33. The fourth-order valence-corrected chi connectivity index (χ4v) is 12.3. The Balaban J connectivity index is 0.985. The molecule has 0 unspecified atom stereocenters. The van der Waals surface area contributed by atoms with E-state index in [0.717, 1.165) is 50.1 Å². The number of hydrogen-bond donors (Lipinski definition) is 0. The molecule has 1 aromatic heterocycles. The van der Waals surface area contributed by atoms with Crippen LogP contribution in [0.1, 0.15) is 44.5 Å². The molecule has 1 heterocycles. The van der Waals surface area contributed by atoms with Crippen LogP contribution in [0.2, 0.25) is 0 Å². The van der Waals surface area contributed by atoms with Crippen LogP contribution in [0, 0.1) is 0 Å². The van der Waals surface area contributed by atoms with Crippen LogP contribution in [-0.2, 0) is 10.8 Å². The van der Waals surface area contributed by atoms with Gasteiger partial charge < -0.3 is 9.32 Å². The minimum Gasteiger partial charge on any atom is -0.456 e. The van der Waals surface area contributed by atoms with Gasteiger partial charge in [0, 0.05) is 27.8 Å². The number of nitrogens with zero attached hydrogens (tertiary/aromatic N) is 1. The van der Waals surface area contributed by atoms with Crippen LogP contribution >= 0.6 is 0 Å². The van der Waals surface area contributed by atoms with Crippen LogP contribution in [0.15, 0.2) is 277 Å². The van der Waals surface area contributed by atoms with Crippen molar-refractivity contribution in [3.8, 4) is 33.4 Å². The fourth-order valence-electron chi connectivity index (χ4n) is 12.3. The van der Waals surface area contributed by atoms with Crippen molar-refractivity contribution in [2.45, 2.75) is 10.8 Å². The zero-order chi connectivity index (χ0) is 46.2. The number of furan rings is 1. The van der Waals surface area contributed by atoms with Crippen molar-refractivity contribution < 1.29 is 4.42 Å². The van der Waals surface area contributed by atoms with Crippen molar-refractivity contribution >= 4 is 39.0 Å². The van der Waals surface area contributed by atoms with Gasteiger partial charge in [-0.05, 0) is 132 Å². The van der Waals surface area contributed by atoms with Gasteiger partial charge in [0.2, 0.25) is 0 Å². The number of rotatable bonds is 7. The first kappa shape index (κ1) is 40.1. The van der Waals surface area contributed by atoms with Crippen LogP contribution in [0.5, 0.6) is 0 Å². The van der Waals surface area contributed by atoms with E-state index in [2.05, 4.69) is 266 Å². The summed E-state index contributed by atoms with van der Waals surface area (Å²) in [7, 11) is 0. The van der Waals surface area contributed by atoms with E-state index in [4.69, 9.17) is 4.42 Å². The molecule has 328 valence electrons. The van der Waals surface area contributed by atoms with E-state index in [-0.39, 0.29) is 0 Å². The zero-order valence-corrected chi connectivity index (χ0v) is 38.3. The largest absolute Gasteiger partial charge is 0.456 e. The minimum absolute atomic E-state index is 0.570. The Morgan fingerprint density at radius 3 is 1.30 bits per heavy atom. The van der Waals surface area contributed by atoms with E-state index in [0.29, 0.717) is 0 Å². The van der Waals surface area contributed by atoms with Gasteiger partial charge in [-0.15, -0.1) is 0 Å². The summed E-state index contributed by atoms with van der Waals surface area (Å²) in [6.45, 7) is 0. The van der Waals surface area contributed by atoms with Crippen molar-refractivity contribution in [3.05, 3.63) is 317 Å². The number of fused-ring (bicyclic) bond motifs is 12.